The maximum absolute atomic E-state index is 12.2. The van der Waals surface area contributed by atoms with E-state index >= 15 is 0 Å². The van der Waals surface area contributed by atoms with E-state index in [1.165, 1.54) is 4.68 Å². The normalized spacial score (nSPS) is 10.5. The Balaban J connectivity index is 1.61. The third-order valence-electron chi connectivity index (χ3n) is 3.09. The topological polar surface area (TPSA) is 69.0 Å². The lowest BCUT2D eigenvalue weighted by molar-refractivity contribution is 0.102. The van der Waals surface area contributed by atoms with Crippen molar-refractivity contribution >= 4 is 55.2 Å². The lowest BCUT2D eigenvalue weighted by Gasteiger charge is -2.08. The van der Waals surface area contributed by atoms with Crippen LogP contribution in [0.3, 0.4) is 0 Å². The number of hydrogen-bond acceptors (Lipinski definition) is 4. The van der Waals surface area contributed by atoms with Crippen LogP contribution in [-0.2, 0) is 6.73 Å². The van der Waals surface area contributed by atoms with Crippen molar-refractivity contribution in [2.45, 2.75) is 6.73 Å². The fraction of sp³-hybridized carbons (Fsp3) is 0.0625. The van der Waals surface area contributed by atoms with E-state index in [0.29, 0.717) is 16.6 Å². The van der Waals surface area contributed by atoms with Gasteiger partial charge in [0.25, 0.3) is 5.91 Å². The van der Waals surface area contributed by atoms with Crippen LogP contribution in [0.15, 0.2) is 57.7 Å². The van der Waals surface area contributed by atoms with E-state index in [2.05, 4.69) is 47.3 Å². The first-order chi connectivity index (χ1) is 12.0. The van der Waals surface area contributed by atoms with Crippen molar-refractivity contribution in [3.05, 3.63) is 68.5 Å². The van der Waals surface area contributed by atoms with Gasteiger partial charge in [0.1, 0.15) is 11.6 Å². The number of nitrogens with one attached hydrogen (secondary N) is 1. The Bertz CT molecular complexity index is 899. The number of hydrogen-bond donors (Lipinski definition) is 1. The van der Waals surface area contributed by atoms with E-state index in [1.54, 1.807) is 42.7 Å². The molecule has 1 N–H and O–H groups in total. The van der Waals surface area contributed by atoms with Crippen LogP contribution >= 0.6 is 43.5 Å². The zero-order valence-corrected chi connectivity index (χ0v) is 16.5. The molecule has 0 aliphatic rings. The molecule has 3 rings (SSSR count). The Kier molecular flexibility index (Phi) is 5.72. The van der Waals surface area contributed by atoms with Crippen molar-refractivity contribution in [1.82, 2.24) is 14.8 Å². The molecule has 1 amide bonds. The quantitative estimate of drug-likeness (QED) is 0.565. The molecule has 0 unspecified atom stereocenters. The standard InChI is InChI=1S/C16H11Br2ClN4O2/c17-10-1-3-14(12(19)7-10)25-9-23-6-5-13(22-23)16(24)21-15-4-2-11(18)8-20-15/h1-8H,9H2,(H,20,21,24). The van der Waals surface area contributed by atoms with Gasteiger partial charge in [-0.1, -0.05) is 27.5 Å². The van der Waals surface area contributed by atoms with Gasteiger partial charge in [-0.3, -0.25) is 4.79 Å². The summed E-state index contributed by atoms with van der Waals surface area (Å²) in [6.07, 6.45) is 3.25. The number of nitrogens with zero attached hydrogens (tertiary/aromatic N) is 3. The van der Waals surface area contributed by atoms with Crippen LogP contribution in [0.1, 0.15) is 10.5 Å². The van der Waals surface area contributed by atoms with Gasteiger partial charge in [0.2, 0.25) is 0 Å². The van der Waals surface area contributed by atoms with E-state index < -0.39 is 0 Å². The van der Waals surface area contributed by atoms with Crippen molar-refractivity contribution in [1.29, 1.82) is 0 Å². The Morgan fingerprint density at radius 3 is 2.72 bits per heavy atom. The molecule has 0 saturated carbocycles. The van der Waals surface area contributed by atoms with Crippen LogP contribution in [-0.4, -0.2) is 20.7 Å². The van der Waals surface area contributed by atoms with Gasteiger partial charge in [0.05, 0.1) is 5.02 Å². The molecule has 128 valence electrons. The van der Waals surface area contributed by atoms with Crippen LogP contribution in [0.5, 0.6) is 5.75 Å². The first kappa shape index (κ1) is 17.9. The third-order valence-corrected chi connectivity index (χ3v) is 4.35. The lowest BCUT2D eigenvalue weighted by Crippen LogP contribution is -2.15. The smallest absolute Gasteiger partial charge is 0.277 e. The van der Waals surface area contributed by atoms with E-state index in [1.807, 2.05) is 6.07 Å². The molecule has 2 aromatic heterocycles. The maximum Gasteiger partial charge on any atom is 0.277 e. The SMILES string of the molecule is O=C(Nc1ccc(Br)cn1)c1ccn(COc2ccc(Br)cc2Cl)n1. The molecule has 0 atom stereocenters. The van der Waals surface area contributed by atoms with Gasteiger partial charge in [-0.25, -0.2) is 9.67 Å². The highest BCUT2D eigenvalue weighted by Gasteiger charge is 2.11. The van der Waals surface area contributed by atoms with E-state index in [-0.39, 0.29) is 18.3 Å². The van der Waals surface area contributed by atoms with Crippen LogP contribution < -0.4 is 10.1 Å². The number of carbonyl (C=O) groups excluding carboxylic acids is 1. The summed E-state index contributed by atoms with van der Waals surface area (Å²) in [6.45, 7) is 0.130. The summed E-state index contributed by atoms with van der Waals surface area (Å²) < 4.78 is 8.80. The number of rotatable bonds is 5. The molecule has 0 aliphatic heterocycles. The monoisotopic (exact) mass is 484 g/mol. The van der Waals surface area contributed by atoms with Crippen LogP contribution in [0.25, 0.3) is 0 Å². The summed E-state index contributed by atoms with van der Waals surface area (Å²) in [5.74, 6) is 0.626. The highest BCUT2D eigenvalue weighted by atomic mass is 79.9. The Morgan fingerprint density at radius 2 is 2.00 bits per heavy atom. The second kappa shape index (κ2) is 7.99. The van der Waals surface area contributed by atoms with Gasteiger partial charge in [0.15, 0.2) is 12.4 Å². The molecule has 9 heteroatoms. The molecule has 25 heavy (non-hydrogen) atoms. The van der Waals surface area contributed by atoms with E-state index in [4.69, 9.17) is 16.3 Å². The summed E-state index contributed by atoms with van der Waals surface area (Å²) in [5, 5.41) is 7.34. The van der Waals surface area contributed by atoms with Crippen molar-refractivity contribution in [3.8, 4) is 5.75 Å². The molecule has 0 fully saturated rings. The first-order valence-electron chi connectivity index (χ1n) is 7.05. The summed E-state index contributed by atoms with van der Waals surface area (Å²) in [6, 6.07) is 10.4. The first-order valence-corrected chi connectivity index (χ1v) is 9.02. The molecular formula is C16H11Br2ClN4O2. The fourth-order valence-electron chi connectivity index (χ4n) is 1.91. The number of pyridine rings is 1. The highest BCUT2D eigenvalue weighted by Crippen LogP contribution is 2.27. The van der Waals surface area contributed by atoms with Crippen molar-refractivity contribution in [2.75, 3.05) is 5.32 Å². The van der Waals surface area contributed by atoms with Gasteiger partial charge in [0, 0.05) is 21.3 Å². The van der Waals surface area contributed by atoms with Gasteiger partial charge >= 0.3 is 0 Å². The second-order valence-corrected chi connectivity index (χ2v) is 7.14. The molecule has 0 saturated heterocycles. The number of halogens is 3. The van der Waals surface area contributed by atoms with Crippen LogP contribution in [0, 0.1) is 0 Å². The average molecular weight is 487 g/mol. The molecule has 2 heterocycles. The number of amides is 1. The Labute approximate surface area is 165 Å². The van der Waals surface area contributed by atoms with Gasteiger partial charge < -0.3 is 10.1 Å². The number of benzene rings is 1. The number of anilines is 1. The molecule has 0 radical (unpaired) electrons. The minimum absolute atomic E-state index is 0.130. The summed E-state index contributed by atoms with van der Waals surface area (Å²) in [4.78, 5) is 16.3. The van der Waals surface area contributed by atoms with Crippen molar-refractivity contribution < 1.29 is 9.53 Å². The second-order valence-electron chi connectivity index (χ2n) is 4.90. The van der Waals surface area contributed by atoms with Gasteiger partial charge in [-0.15, -0.1) is 0 Å². The molecular weight excluding hydrogens is 475 g/mol. The lowest BCUT2D eigenvalue weighted by atomic mass is 10.3. The zero-order chi connectivity index (χ0) is 17.8. The average Bonchev–Trinajstić information content (AvgIpc) is 3.05. The maximum atomic E-state index is 12.2. The summed E-state index contributed by atoms with van der Waals surface area (Å²) in [7, 11) is 0. The number of ether oxygens (including phenoxy) is 1. The molecule has 3 aromatic rings. The van der Waals surface area contributed by atoms with E-state index in [9.17, 15) is 4.79 Å². The molecule has 0 bridgehead atoms. The predicted molar refractivity (Wildman–Crippen MR) is 102 cm³/mol. The molecule has 1 aromatic carbocycles. The number of carbonyl (C=O) groups is 1. The summed E-state index contributed by atoms with van der Waals surface area (Å²) in [5.41, 5.74) is 0.259. The summed E-state index contributed by atoms with van der Waals surface area (Å²) >= 11 is 12.7. The van der Waals surface area contributed by atoms with E-state index in [0.717, 1.165) is 8.95 Å². The number of aromatic nitrogens is 3. The Morgan fingerprint density at radius 1 is 1.20 bits per heavy atom. The minimum Gasteiger partial charge on any atom is -0.470 e. The van der Waals surface area contributed by atoms with Crippen LogP contribution in [0.4, 0.5) is 5.82 Å². The molecule has 0 spiro atoms. The van der Waals surface area contributed by atoms with Gasteiger partial charge in [-0.05, 0) is 52.3 Å². The molecule has 6 nitrogen and oxygen atoms in total. The van der Waals surface area contributed by atoms with Crippen LogP contribution in [0.2, 0.25) is 5.02 Å². The zero-order valence-electron chi connectivity index (χ0n) is 12.6. The fourth-order valence-corrected chi connectivity index (χ4v) is 2.88. The Hall–Kier alpha value is -1.90. The third kappa shape index (κ3) is 4.81. The molecule has 0 aliphatic carbocycles. The van der Waals surface area contributed by atoms with Crippen molar-refractivity contribution in [3.63, 3.8) is 0 Å². The largest absolute Gasteiger partial charge is 0.470 e. The van der Waals surface area contributed by atoms with Gasteiger partial charge in [-0.2, -0.15) is 5.10 Å². The minimum atomic E-state index is -0.352. The predicted octanol–water partition coefficient (Wildman–Crippen LogP) is 4.75. The van der Waals surface area contributed by atoms with Crippen molar-refractivity contribution in [2.24, 2.45) is 0 Å². The highest BCUT2D eigenvalue weighted by molar-refractivity contribution is 9.10.